The first-order chi connectivity index (χ1) is 9.08. The first-order valence-electron chi connectivity index (χ1n) is 6.79. The van der Waals surface area contributed by atoms with E-state index in [0.29, 0.717) is 24.1 Å². The number of amides is 1. The zero-order valence-corrected chi connectivity index (χ0v) is 11.5. The van der Waals surface area contributed by atoms with Gasteiger partial charge in [0.15, 0.2) is 0 Å². The number of aryl methyl sites for hydroxylation is 1. The summed E-state index contributed by atoms with van der Waals surface area (Å²) in [5.74, 6) is 0.636. The number of aromatic hydroxyl groups is 1. The molecule has 19 heavy (non-hydrogen) atoms. The minimum atomic E-state index is 0.00296. The van der Waals surface area contributed by atoms with Gasteiger partial charge in [-0.1, -0.05) is 6.07 Å². The molecule has 0 aliphatic heterocycles. The van der Waals surface area contributed by atoms with Crippen LogP contribution in [0.3, 0.4) is 0 Å². The van der Waals surface area contributed by atoms with Gasteiger partial charge >= 0.3 is 0 Å². The number of carbonyl (C=O) groups is 1. The van der Waals surface area contributed by atoms with E-state index in [1.807, 2.05) is 13.8 Å². The molecule has 4 nitrogen and oxygen atoms in total. The maximum atomic E-state index is 11.8. The van der Waals surface area contributed by atoms with Gasteiger partial charge in [-0.25, -0.2) is 0 Å². The van der Waals surface area contributed by atoms with Crippen LogP contribution in [0, 0.1) is 12.8 Å². The third kappa shape index (κ3) is 3.70. The van der Waals surface area contributed by atoms with E-state index in [4.69, 9.17) is 4.74 Å². The third-order valence-electron chi connectivity index (χ3n) is 3.56. The molecule has 1 aliphatic carbocycles. The normalized spacial score (nSPS) is 21.8. The number of benzene rings is 1. The topological polar surface area (TPSA) is 58.6 Å². The molecule has 1 saturated carbocycles. The second-order valence-corrected chi connectivity index (χ2v) is 5.17. The Labute approximate surface area is 113 Å². The van der Waals surface area contributed by atoms with Crippen molar-refractivity contribution in [1.82, 2.24) is 0 Å². The van der Waals surface area contributed by atoms with Crippen molar-refractivity contribution in [3.63, 3.8) is 0 Å². The summed E-state index contributed by atoms with van der Waals surface area (Å²) in [6, 6.07) is 5.17. The molecular formula is C15H21NO3. The highest BCUT2D eigenvalue weighted by molar-refractivity contribution is 5.91. The molecule has 0 unspecified atom stereocenters. The molecule has 1 aromatic carbocycles. The Morgan fingerprint density at radius 2 is 2.21 bits per heavy atom. The van der Waals surface area contributed by atoms with Crippen LogP contribution in [0.5, 0.6) is 5.75 Å². The SMILES string of the molecule is CCOC1CC(CC(=O)Nc2ccc(C)c(O)c2)C1. The average molecular weight is 263 g/mol. The molecule has 1 amide bonds. The number of carbonyl (C=O) groups excluding carboxylic acids is 1. The summed E-state index contributed by atoms with van der Waals surface area (Å²) >= 11 is 0. The molecule has 1 aromatic rings. The van der Waals surface area contributed by atoms with E-state index in [-0.39, 0.29) is 11.7 Å². The fraction of sp³-hybridized carbons (Fsp3) is 0.533. The van der Waals surface area contributed by atoms with Gasteiger partial charge in [-0.15, -0.1) is 0 Å². The van der Waals surface area contributed by atoms with Crippen LogP contribution in [-0.2, 0) is 9.53 Å². The highest BCUT2D eigenvalue weighted by atomic mass is 16.5. The van der Waals surface area contributed by atoms with E-state index in [1.165, 1.54) is 0 Å². The van der Waals surface area contributed by atoms with E-state index >= 15 is 0 Å². The maximum absolute atomic E-state index is 11.8. The van der Waals surface area contributed by atoms with Gasteiger partial charge in [-0.05, 0) is 44.2 Å². The number of hydrogen-bond acceptors (Lipinski definition) is 3. The summed E-state index contributed by atoms with van der Waals surface area (Å²) in [4.78, 5) is 11.8. The zero-order chi connectivity index (χ0) is 13.8. The highest BCUT2D eigenvalue weighted by Crippen LogP contribution is 2.33. The lowest BCUT2D eigenvalue weighted by Gasteiger charge is -2.34. The fourth-order valence-corrected chi connectivity index (χ4v) is 2.37. The second-order valence-electron chi connectivity index (χ2n) is 5.17. The molecule has 0 spiro atoms. The summed E-state index contributed by atoms with van der Waals surface area (Å²) in [5.41, 5.74) is 1.45. The molecule has 2 N–H and O–H groups in total. The number of hydrogen-bond donors (Lipinski definition) is 2. The van der Waals surface area contributed by atoms with Crippen molar-refractivity contribution in [1.29, 1.82) is 0 Å². The summed E-state index contributed by atoms with van der Waals surface area (Å²) in [6.45, 7) is 4.55. The Bertz CT molecular complexity index is 453. The first kappa shape index (κ1) is 13.9. The maximum Gasteiger partial charge on any atom is 0.224 e. The number of phenols is 1. The van der Waals surface area contributed by atoms with Crippen molar-refractivity contribution in [2.75, 3.05) is 11.9 Å². The lowest BCUT2D eigenvalue weighted by molar-refractivity contribution is -0.119. The molecule has 0 radical (unpaired) electrons. The molecule has 4 heteroatoms. The van der Waals surface area contributed by atoms with E-state index < -0.39 is 0 Å². The minimum Gasteiger partial charge on any atom is -0.508 e. The zero-order valence-electron chi connectivity index (χ0n) is 11.5. The van der Waals surface area contributed by atoms with Gasteiger partial charge in [0.25, 0.3) is 0 Å². The van der Waals surface area contributed by atoms with Crippen LogP contribution in [0.4, 0.5) is 5.69 Å². The van der Waals surface area contributed by atoms with Crippen LogP contribution in [0.15, 0.2) is 18.2 Å². The molecule has 0 aromatic heterocycles. The van der Waals surface area contributed by atoms with Crippen molar-refractivity contribution in [2.45, 2.75) is 39.2 Å². The molecule has 0 bridgehead atoms. The molecule has 2 rings (SSSR count). The van der Waals surface area contributed by atoms with Crippen molar-refractivity contribution < 1.29 is 14.6 Å². The van der Waals surface area contributed by atoms with Gasteiger partial charge in [-0.3, -0.25) is 4.79 Å². The summed E-state index contributed by atoms with van der Waals surface area (Å²) in [5, 5.41) is 12.4. The summed E-state index contributed by atoms with van der Waals surface area (Å²) < 4.78 is 5.47. The van der Waals surface area contributed by atoms with Gasteiger partial charge in [0, 0.05) is 24.8 Å². The van der Waals surface area contributed by atoms with Crippen LogP contribution >= 0.6 is 0 Å². The smallest absolute Gasteiger partial charge is 0.224 e. The number of phenolic OH excluding ortho intramolecular Hbond substituents is 1. The van der Waals surface area contributed by atoms with Gasteiger partial charge in [0.05, 0.1) is 6.10 Å². The molecule has 1 aliphatic rings. The molecule has 0 atom stereocenters. The number of anilines is 1. The Hall–Kier alpha value is -1.55. The van der Waals surface area contributed by atoms with Crippen LogP contribution < -0.4 is 5.32 Å². The van der Waals surface area contributed by atoms with Gasteiger partial charge in [0.2, 0.25) is 5.91 Å². The van der Waals surface area contributed by atoms with E-state index in [2.05, 4.69) is 5.32 Å². The lowest BCUT2D eigenvalue weighted by atomic mass is 9.80. The Kier molecular flexibility index (Phi) is 4.43. The van der Waals surface area contributed by atoms with Crippen molar-refractivity contribution in [3.8, 4) is 5.75 Å². The summed E-state index contributed by atoms with van der Waals surface area (Å²) in [7, 11) is 0. The van der Waals surface area contributed by atoms with Crippen molar-refractivity contribution in [3.05, 3.63) is 23.8 Å². The molecule has 0 saturated heterocycles. The minimum absolute atomic E-state index is 0.00296. The van der Waals surface area contributed by atoms with Gasteiger partial charge in [-0.2, -0.15) is 0 Å². The third-order valence-corrected chi connectivity index (χ3v) is 3.56. The highest BCUT2D eigenvalue weighted by Gasteiger charge is 2.30. The molecule has 104 valence electrons. The van der Waals surface area contributed by atoms with E-state index in [9.17, 15) is 9.90 Å². The molecular weight excluding hydrogens is 242 g/mol. The quantitative estimate of drug-likeness (QED) is 0.858. The average Bonchev–Trinajstić information content (AvgIpc) is 2.31. The monoisotopic (exact) mass is 263 g/mol. The van der Waals surface area contributed by atoms with Gasteiger partial charge < -0.3 is 15.2 Å². The predicted molar refractivity (Wildman–Crippen MR) is 74.2 cm³/mol. The molecule has 0 heterocycles. The van der Waals surface area contributed by atoms with Crippen LogP contribution in [-0.4, -0.2) is 23.7 Å². The lowest BCUT2D eigenvalue weighted by Crippen LogP contribution is -2.33. The van der Waals surface area contributed by atoms with Crippen LogP contribution in [0.25, 0.3) is 0 Å². The number of rotatable bonds is 5. The Morgan fingerprint density at radius 1 is 1.47 bits per heavy atom. The second kappa shape index (κ2) is 6.06. The standard InChI is InChI=1S/C15H21NO3/c1-3-19-13-6-11(7-13)8-15(18)16-12-5-4-10(2)14(17)9-12/h4-5,9,11,13,17H,3,6-8H2,1-2H3,(H,16,18). The van der Waals surface area contributed by atoms with Crippen LogP contribution in [0.2, 0.25) is 0 Å². The molecule has 1 fully saturated rings. The first-order valence-corrected chi connectivity index (χ1v) is 6.79. The van der Waals surface area contributed by atoms with E-state index in [0.717, 1.165) is 25.0 Å². The number of ether oxygens (including phenoxy) is 1. The fourth-order valence-electron chi connectivity index (χ4n) is 2.37. The number of nitrogens with one attached hydrogen (secondary N) is 1. The van der Waals surface area contributed by atoms with Crippen molar-refractivity contribution in [2.24, 2.45) is 5.92 Å². The Balaban J connectivity index is 1.77. The Morgan fingerprint density at radius 3 is 2.84 bits per heavy atom. The largest absolute Gasteiger partial charge is 0.508 e. The van der Waals surface area contributed by atoms with Crippen LogP contribution in [0.1, 0.15) is 31.7 Å². The predicted octanol–water partition coefficient (Wildman–Crippen LogP) is 2.84. The van der Waals surface area contributed by atoms with Crippen molar-refractivity contribution >= 4 is 11.6 Å². The van der Waals surface area contributed by atoms with E-state index in [1.54, 1.807) is 18.2 Å². The summed E-state index contributed by atoms with van der Waals surface area (Å²) in [6.07, 6.45) is 2.81. The van der Waals surface area contributed by atoms with Gasteiger partial charge in [0.1, 0.15) is 5.75 Å².